The summed E-state index contributed by atoms with van der Waals surface area (Å²) >= 11 is 0. The molecule has 3 N–H and O–H groups in total. The van der Waals surface area contributed by atoms with Gasteiger partial charge >= 0.3 is 6.18 Å². The number of anilines is 1. The summed E-state index contributed by atoms with van der Waals surface area (Å²) in [5.41, 5.74) is 6.79. The third kappa shape index (κ3) is 5.44. The molecule has 1 amide bonds. The molecule has 102 valence electrons. The molecule has 0 atom stereocenters. The van der Waals surface area contributed by atoms with Crippen LogP contribution < -0.4 is 11.1 Å². The third-order valence-electron chi connectivity index (χ3n) is 2.21. The van der Waals surface area contributed by atoms with E-state index in [2.05, 4.69) is 17.2 Å². The quantitative estimate of drug-likeness (QED) is 0.809. The highest BCUT2D eigenvalue weighted by Gasteiger charge is 2.31. The number of rotatable bonds is 2. The number of nitrogens with two attached hydrogens (primary N) is 1. The summed E-state index contributed by atoms with van der Waals surface area (Å²) in [6.45, 7) is 1.87. The first-order chi connectivity index (χ1) is 8.81. The van der Waals surface area contributed by atoms with E-state index in [-0.39, 0.29) is 6.54 Å². The van der Waals surface area contributed by atoms with Crippen LogP contribution in [0.4, 0.5) is 18.9 Å². The maximum Gasteiger partial charge on any atom is 0.397 e. The monoisotopic (exact) mass is 270 g/mol. The molecule has 0 spiro atoms. The lowest BCUT2D eigenvalue weighted by Crippen LogP contribution is -2.21. The molecule has 1 aromatic rings. The van der Waals surface area contributed by atoms with Gasteiger partial charge in [-0.3, -0.25) is 4.79 Å². The summed E-state index contributed by atoms with van der Waals surface area (Å²) in [4.78, 5) is 11.2. The smallest absolute Gasteiger partial charge is 0.326 e. The van der Waals surface area contributed by atoms with E-state index in [1.165, 1.54) is 6.07 Å². The van der Waals surface area contributed by atoms with Crippen molar-refractivity contribution in [2.45, 2.75) is 19.5 Å². The minimum atomic E-state index is -4.52. The van der Waals surface area contributed by atoms with Crippen LogP contribution in [0.1, 0.15) is 17.5 Å². The summed E-state index contributed by atoms with van der Waals surface area (Å²) < 4.78 is 36.2. The Morgan fingerprint density at radius 1 is 1.42 bits per heavy atom. The molecule has 0 unspecified atom stereocenters. The van der Waals surface area contributed by atoms with E-state index >= 15 is 0 Å². The molecule has 3 nitrogen and oxygen atoms in total. The largest absolute Gasteiger partial charge is 0.397 e. The van der Waals surface area contributed by atoms with E-state index in [0.29, 0.717) is 16.8 Å². The van der Waals surface area contributed by atoms with Gasteiger partial charge in [-0.05, 0) is 24.6 Å². The molecule has 0 aliphatic rings. The van der Waals surface area contributed by atoms with E-state index in [1.807, 2.05) is 0 Å². The van der Waals surface area contributed by atoms with Crippen LogP contribution in [-0.2, 0) is 4.79 Å². The number of carbonyl (C=O) groups is 1. The lowest BCUT2D eigenvalue weighted by Gasteiger charge is -2.10. The van der Waals surface area contributed by atoms with Crippen LogP contribution in [0, 0.1) is 18.8 Å². The minimum absolute atomic E-state index is 0.184. The predicted octanol–water partition coefficient (Wildman–Crippen LogP) is 2.20. The van der Waals surface area contributed by atoms with Crippen molar-refractivity contribution in [2.75, 3.05) is 11.9 Å². The summed E-state index contributed by atoms with van der Waals surface area (Å²) in [7, 11) is 0. The van der Waals surface area contributed by atoms with Gasteiger partial charge in [0.25, 0.3) is 0 Å². The van der Waals surface area contributed by atoms with Crippen molar-refractivity contribution in [1.82, 2.24) is 0 Å². The Kier molecular flexibility index (Phi) is 4.95. The maximum absolute atomic E-state index is 12.1. The number of halogens is 3. The Hall–Kier alpha value is -2.00. The highest BCUT2D eigenvalue weighted by atomic mass is 19.4. The van der Waals surface area contributed by atoms with Crippen molar-refractivity contribution in [3.05, 3.63) is 29.3 Å². The first-order valence-electron chi connectivity index (χ1n) is 5.48. The van der Waals surface area contributed by atoms with Crippen LogP contribution in [0.25, 0.3) is 0 Å². The maximum atomic E-state index is 12.1. The number of nitrogens with one attached hydrogen (secondary N) is 1. The van der Waals surface area contributed by atoms with Gasteiger partial charge in [0.1, 0.15) is 6.42 Å². The van der Waals surface area contributed by atoms with Crippen molar-refractivity contribution in [3.8, 4) is 11.8 Å². The van der Waals surface area contributed by atoms with Crippen molar-refractivity contribution in [1.29, 1.82) is 0 Å². The van der Waals surface area contributed by atoms with Crippen molar-refractivity contribution in [3.63, 3.8) is 0 Å². The highest BCUT2D eigenvalue weighted by molar-refractivity contribution is 5.92. The number of hydrogen-bond acceptors (Lipinski definition) is 2. The second-order valence-corrected chi connectivity index (χ2v) is 3.88. The molecular weight excluding hydrogens is 257 g/mol. The summed E-state index contributed by atoms with van der Waals surface area (Å²) in [6, 6.07) is 4.90. The van der Waals surface area contributed by atoms with Crippen LogP contribution >= 0.6 is 0 Å². The molecule has 0 aliphatic carbocycles. The van der Waals surface area contributed by atoms with Crippen LogP contribution in [0.2, 0.25) is 0 Å². The van der Waals surface area contributed by atoms with E-state index in [4.69, 9.17) is 5.73 Å². The topological polar surface area (TPSA) is 55.1 Å². The van der Waals surface area contributed by atoms with Crippen LogP contribution in [0.15, 0.2) is 18.2 Å². The van der Waals surface area contributed by atoms with Crippen molar-refractivity contribution >= 4 is 11.6 Å². The second-order valence-electron chi connectivity index (χ2n) is 3.88. The lowest BCUT2D eigenvalue weighted by atomic mass is 10.1. The van der Waals surface area contributed by atoms with Gasteiger partial charge in [-0.25, -0.2) is 0 Å². The third-order valence-corrected chi connectivity index (χ3v) is 2.21. The molecule has 0 aromatic heterocycles. The molecule has 19 heavy (non-hydrogen) atoms. The summed E-state index contributed by atoms with van der Waals surface area (Å²) in [6.07, 6.45) is -6.03. The Labute approximate surface area is 109 Å². The molecule has 0 bridgehead atoms. The summed E-state index contributed by atoms with van der Waals surface area (Å²) in [5, 5.41) is 2.23. The first kappa shape index (κ1) is 15.1. The average molecular weight is 270 g/mol. The number of hydrogen-bond donors (Lipinski definition) is 2. The lowest BCUT2D eigenvalue weighted by molar-refractivity contribution is -0.150. The molecule has 0 radical (unpaired) electrons. The first-order valence-corrected chi connectivity index (χ1v) is 5.48. The van der Waals surface area contributed by atoms with Gasteiger partial charge in [0.05, 0.1) is 6.54 Å². The number of benzene rings is 1. The van der Waals surface area contributed by atoms with Gasteiger partial charge < -0.3 is 11.1 Å². The highest BCUT2D eigenvalue weighted by Crippen LogP contribution is 2.22. The molecule has 0 heterocycles. The van der Waals surface area contributed by atoms with Gasteiger partial charge in [-0.15, -0.1) is 0 Å². The predicted molar refractivity (Wildman–Crippen MR) is 66.4 cm³/mol. The fourth-order valence-corrected chi connectivity index (χ4v) is 1.36. The SMILES string of the molecule is Cc1ccc(C#CCN)cc1NC(=O)CC(F)(F)F. The zero-order chi connectivity index (χ0) is 14.5. The van der Waals surface area contributed by atoms with Crippen LogP contribution in [0.5, 0.6) is 0 Å². The summed E-state index contributed by atoms with van der Waals surface area (Å²) in [5.74, 6) is 4.28. The Morgan fingerprint density at radius 3 is 2.68 bits per heavy atom. The Bertz CT molecular complexity index is 527. The zero-order valence-corrected chi connectivity index (χ0v) is 10.3. The zero-order valence-electron chi connectivity index (χ0n) is 10.3. The van der Waals surface area contributed by atoms with Crippen molar-refractivity contribution in [2.24, 2.45) is 5.73 Å². The van der Waals surface area contributed by atoms with Gasteiger partial charge in [-0.1, -0.05) is 17.9 Å². The van der Waals surface area contributed by atoms with E-state index in [9.17, 15) is 18.0 Å². The van der Waals surface area contributed by atoms with Gasteiger partial charge in [-0.2, -0.15) is 13.2 Å². The van der Waals surface area contributed by atoms with E-state index < -0.39 is 18.5 Å². The second kappa shape index (κ2) is 6.25. The number of amides is 1. The van der Waals surface area contributed by atoms with Crippen LogP contribution in [0.3, 0.4) is 0 Å². The Morgan fingerprint density at radius 2 is 2.11 bits per heavy atom. The fraction of sp³-hybridized carbons (Fsp3) is 0.308. The minimum Gasteiger partial charge on any atom is -0.326 e. The molecule has 0 aliphatic heterocycles. The number of aryl methyl sites for hydroxylation is 1. The molecule has 0 fully saturated rings. The standard InChI is InChI=1S/C13H13F3N2O/c1-9-4-5-10(3-2-6-17)7-11(9)18-12(19)8-13(14,15)16/h4-5,7H,6,8,17H2,1H3,(H,18,19). The average Bonchev–Trinajstić information content (AvgIpc) is 2.27. The number of carbonyl (C=O) groups excluding carboxylic acids is 1. The van der Waals surface area contributed by atoms with Gasteiger partial charge in [0.15, 0.2) is 0 Å². The van der Waals surface area contributed by atoms with E-state index in [0.717, 1.165) is 0 Å². The molecule has 0 saturated carbocycles. The van der Waals surface area contributed by atoms with E-state index in [1.54, 1.807) is 19.1 Å². The van der Waals surface area contributed by atoms with Gasteiger partial charge in [0, 0.05) is 11.3 Å². The molecule has 0 saturated heterocycles. The molecule has 1 rings (SSSR count). The normalized spacial score (nSPS) is 10.6. The molecule has 6 heteroatoms. The molecule has 1 aromatic carbocycles. The van der Waals surface area contributed by atoms with Crippen molar-refractivity contribution < 1.29 is 18.0 Å². The van der Waals surface area contributed by atoms with Gasteiger partial charge in [0.2, 0.25) is 5.91 Å². The fourth-order valence-electron chi connectivity index (χ4n) is 1.36. The van der Waals surface area contributed by atoms with Crippen LogP contribution in [-0.4, -0.2) is 18.6 Å². The Balaban J connectivity index is 2.85. The number of alkyl halides is 3. The molecular formula is C13H13F3N2O.